The van der Waals surface area contributed by atoms with E-state index in [1.54, 1.807) is 13.2 Å². The third-order valence-electron chi connectivity index (χ3n) is 4.59. The van der Waals surface area contributed by atoms with E-state index in [2.05, 4.69) is 37.6 Å². The minimum Gasteiger partial charge on any atom is -0.379 e. The van der Waals surface area contributed by atoms with E-state index in [1.807, 2.05) is 30.3 Å². The smallest absolute Gasteiger partial charge is 0.191 e. The molecule has 0 radical (unpaired) electrons. The van der Waals surface area contributed by atoms with Crippen LogP contribution in [0.5, 0.6) is 0 Å². The summed E-state index contributed by atoms with van der Waals surface area (Å²) in [5.41, 5.74) is 2.21. The quantitative estimate of drug-likeness (QED) is 0.352. The summed E-state index contributed by atoms with van der Waals surface area (Å²) in [7, 11) is 1.78. The Morgan fingerprint density at radius 1 is 1.18 bits per heavy atom. The van der Waals surface area contributed by atoms with E-state index < -0.39 is 0 Å². The fraction of sp³-hybridized carbons (Fsp3) is 0.400. The van der Waals surface area contributed by atoms with Gasteiger partial charge in [0.15, 0.2) is 5.96 Å². The number of pyridine rings is 1. The maximum Gasteiger partial charge on any atom is 0.191 e. The Kier molecular flexibility index (Phi) is 9.97. The monoisotopic (exact) mass is 515 g/mol. The molecule has 1 aliphatic rings. The van der Waals surface area contributed by atoms with Crippen molar-refractivity contribution in [3.8, 4) is 0 Å². The van der Waals surface area contributed by atoms with Crippen molar-refractivity contribution < 1.29 is 4.74 Å². The summed E-state index contributed by atoms with van der Waals surface area (Å²) < 4.78 is 5.51. The third kappa shape index (κ3) is 6.88. The maximum absolute atomic E-state index is 6.07. The fourth-order valence-electron chi connectivity index (χ4n) is 3.12. The molecule has 3 rings (SSSR count). The molecule has 152 valence electrons. The summed E-state index contributed by atoms with van der Waals surface area (Å²) >= 11 is 6.07. The number of hydrogen-bond acceptors (Lipinski definition) is 4. The predicted molar refractivity (Wildman–Crippen MR) is 124 cm³/mol. The van der Waals surface area contributed by atoms with Crippen LogP contribution in [-0.4, -0.2) is 55.7 Å². The lowest BCUT2D eigenvalue weighted by molar-refractivity contribution is 0.0170. The first-order valence-electron chi connectivity index (χ1n) is 9.18. The van der Waals surface area contributed by atoms with Crippen LogP contribution in [0.2, 0.25) is 5.02 Å². The van der Waals surface area contributed by atoms with Gasteiger partial charge in [-0.25, -0.2) is 0 Å². The van der Waals surface area contributed by atoms with Gasteiger partial charge >= 0.3 is 0 Å². The van der Waals surface area contributed by atoms with Crippen molar-refractivity contribution in [1.82, 2.24) is 20.5 Å². The number of aromatic nitrogens is 1. The number of guanidine groups is 1. The van der Waals surface area contributed by atoms with Crippen molar-refractivity contribution >= 4 is 41.5 Å². The van der Waals surface area contributed by atoms with Gasteiger partial charge in [0.05, 0.1) is 31.5 Å². The molecule has 0 aliphatic carbocycles. The number of halogens is 2. The molecule has 28 heavy (non-hydrogen) atoms. The summed E-state index contributed by atoms with van der Waals surface area (Å²) in [6.07, 6.45) is 1.79. The molecule has 2 N–H and O–H groups in total. The molecule has 1 unspecified atom stereocenters. The summed E-state index contributed by atoms with van der Waals surface area (Å²) in [6, 6.07) is 14.2. The summed E-state index contributed by atoms with van der Waals surface area (Å²) in [5, 5.41) is 7.51. The van der Waals surface area contributed by atoms with E-state index in [1.165, 1.54) is 5.56 Å². The van der Waals surface area contributed by atoms with Crippen LogP contribution in [0, 0.1) is 0 Å². The standard InChI is InChI=1S/C20H26ClN5O.HI/c1-22-20(24-14-18-4-2-3-9-23-18)25-15-19(26-10-12-27-13-11-26)16-5-7-17(21)8-6-16;/h2-9,19H,10-15H2,1H3,(H2,22,24,25);1H. The third-order valence-corrected chi connectivity index (χ3v) is 4.84. The van der Waals surface area contributed by atoms with Gasteiger partial charge in [-0.05, 0) is 29.8 Å². The van der Waals surface area contributed by atoms with Gasteiger partial charge in [-0.1, -0.05) is 29.8 Å². The molecule has 6 nitrogen and oxygen atoms in total. The highest BCUT2D eigenvalue weighted by molar-refractivity contribution is 14.0. The maximum atomic E-state index is 6.07. The second kappa shape index (κ2) is 12.2. The molecular weight excluding hydrogens is 489 g/mol. The molecule has 0 saturated carbocycles. The lowest BCUT2D eigenvalue weighted by Crippen LogP contribution is -2.46. The minimum absolute atomic E-state index is 0. The van der Waals surface area contributed by atoms with Gasteiger partial charge in [0, 0.05) is 37.9 Å². The number of hydrogen-bond donors (Lipinski definition) is 2. The number of nitrogens with zero attached hydrogens (tertiary/aromatic N) is 3. The van der Waals surface area contributed by atoms with E-state index >= 15 is 0 Å². The van der Waals surface area contributed by atoms with Gasteiger partial charge in [0.2, 0.25) is 0 Å². The number of aliphatic imine (C=N–C) groups is 1. The van der Waals surface area contributed by atoms with Crippen molar-refractivity contribution in [2.75, 3.05) is 39.9 Å². The normalized spacial score (nSPS) is 16.1. The molecule has 1 aromatic heterocycles. The first-order chi connectivity index (χ1) is 13.3. The zero-order valence-corrected chi connectivity index (χ0v) is 19.1. The Morgan fingerprint density at radius 2 is 1.93 bits per heavy atom. The second-order valence-corrected chi connectivity index (χ2v) is 6.78. The fourth-order valence-corrected chi connectivity index (χ4v) is 3.25. The molecule has 8 heteroatoms. The molecule has 0 amide bonds. The SMILES string of the molecule is CN=C(NCc1ccccn1)NCC(c1ccc(Cl)cc1)N1CCOCC1.I. The van der Waals surface area contributed by atoms with Gasteiger partial charge < -0.3 is 15.4 Å². The topological polar surface area (TPSA) is 61.8 Å². The van der Waals surface area contributed by atoms with Gasteiger partial charge in [-0.2, -0.15) is 0 Å². The Morgan fingerprint density at radius 3 is 2.57 bits per heavy atom. The van der Waals surface area contributed by atoms with Crippen LogP contribution in [-0.2, 0) is 11.3 Å². The first-order valence-corrected chi connectivity index (χ1v) is 9.56. The average molecular weight is 516 g/mol. The highest BCUT2D eigenvalue weighted by atomic mass is 127. The molecule has 0 spiro atoms. The lowest BCUT2D eigenvalue weighted by Gasteiger charge is -2.35. The van der Waals surface area contributed by atoms with Crippen molar-refractivity contribution in [1.29, 1.82) is 0 Å². The molecular formula is C20H27ClIN5O. The zero-order valence-electron chi connectivity index (χ0n) is 16.0. The van der Waals surface area contributed by atoms with Crippen LogP contribution < -0.4 is 10.6 Å². The van der Waals surface area contributed by atoms with Crippen LogP contribution in [0.4, 0.5) is 0 Å². The Bertz CT molecular complexity index is 723. The highest BCUT2D eigenvalue weighted by Gasteiger charge is 2.22. The number of morpholine rings is 1. The Balaban J connectivity index is 0.00000280. The van der Waals surface area contributed by atoms with E-state index in [9.17, 15) is 0 Å². The Hall–Kier alpha value is -1.42. The molecule has 1 saturated heterocycles. The van der Waals surface area contributed by atoms with E-state index in [0.29, 0.717) is 6.54 Å². The Labute approximate surface area is 188 Å². The number of benzene rings is 1. The lowest BCUT2D eigenvalue weighted by atomic mass is 10.0. The summed E-state index contributed by atoms with van der Waals surface area (Å²) in [4.78, 5) is 11.1. The molecule has 1 atom stereocenters. The zero-order chi connectivity index (χ0) is 18.9. The first kappa shape index (κ1) is 22.9. The van der Waals surface area contributed by atoms with Crippen LogP contribution in [0.15, 0.2) is 53.7 Å². The predicted octanol–water partition coefficient (Wildman–Crippen LogP) is 3.09. The second-order valence-electron chi connectivity index (χ2n) is 6.34. The van der Waals surface area contributed by atoms with Crippen molar-refractivity contribution in [2.45, 2.75) is 12.6 Å². The number of ether oxygens (including phenoxy) is 1. The van der Waals surface area contributed by atoms with Gasteiger partial charge in [-0.15, -0.1) is 24.0 Å². The van der Waals surface area contributed by atoms with E-state index in [-0.39, 0.29) is 30.0 Å². The highest BCUT2D eigenvalue weighted by Crippen LogP contribution is 2.23. The van der Waals surface area contributed by atoms with Gasteiger partial charge in [-0.3, -0.25) is 14.9 Å². The molecule has 0 bridgehead atoms. The van der Waals surface area contributed by atoms with Crippen molar-refractivity contribution in [3.05, 3.63) is 64.9 Å². The average Bonchev–Trinajstić information content (AvgIpc) is 2.73. The van der Waals surface area contributed by atoms with Crippen molar-refractivity contribution in [2.24, 2.45) is 4.99 Å². The minimum atomic E-state index is 0. The molecule has 1 aromatic carbocycles. The van der Waals surface area contributed by atoms with E-state index in [0.717, 1.165) is 49.5 Å². The van der Waals surface area contributed by atoms with Crippen molar-refractivity contribution in [3.63, 3.8) is 0 Å². The molecule has 1 fully saturated rings. The van der Waals surface area contributed by atoms with E-state index in [4.69, 9.17) is 16.3 Å². The summed E-state index contributed by atoms with van der Waals surface area (Å²) in [5.74, 6) is 0.757. The molecule has 1 aliphatic heterocycles. The summed E-state index contributed by atoms with van der Waals surface area (Å²) in [6.45, 7) is 4.71. The van der Waals surface area contributed by atoms with Gasteiger partial charge in [0.25, 0.3) is 0 Å². The largest absolute Gasteiger partial charge is 0.379 e. The van der Waals surface area contributed by atoms with Gasteiger partial charge in [0.1, 0.15) is 0 Å². The number of nitrogens with one attached hydrogen (secondary N) is 2. The number of rotatable bonds is 6. The molecule has 2 aromatic rings. The van der Waals surface area contributed by atoms with Crippen LogP contribution >= 0.6 is 35.6 Å². The van der Waals surface area contributed by atoms with Crippen LogP contribution in [0.1, 0.15) is 17.3 Å². The molecule has 2 heterocycles. The van der Waals surface area contributed by atoms with Crippen LogP contribution in [0.25, 0.3) is 0 Å². The van der Waals surface area contributed by atoms with Crippen LogP contribution in [0.3, 0.4) is 0 Å².